The standard InChI is InChI=1S/C11H23N3O/c1-9-8-14(3)7-4-11(9)13-6-5-12-10(2)15/h9,11,13H,4-8H2,1-3H3,(H,12,15). The van der Waals surface area contributed by atoms with E-state index in [0.29, 0.717) is 12.0 Å². The third kappa shape index (κ3) is 4.62. The maximum atomic E-state index is 10.7. The van der Waals surface area contributed by atoms with Crippen molar-refractivity contribution < 1.29 is 4.79 Å². The molecule has 4 heteroatoms. The van der Waals surface area contributed by atoms with Gasteiger partial charge in [-0.3, -0.25) is 4.79 Å². The van der Waals surface area contributed by atoms with Gasteiger partial charge < -0.3 is 15.5 Å². The van der Waals surface area contributed by atoms with Gasteiger partial charge in [-0.25, -0.2) is 0 Å². The van der Waals surface area contributed by atoms with E-state index in [4.69, 9.17) is 0 Å². The van der Waals surface area contributed by atoms with Gasteiger partial charge in [0.1, 0.15) is 0 Å². The zero-order chi connectivity index (χ0) is 11.3. The molecule has 0 aromatic rings. The highest BCUT2D eigenvalue weighted by atomic mass is 16.1. The average Bonchev–Trinajstić information content (AvgIpc) is 2.14. The van der Waals surface area contributed by atoms with E-state index >= 15 is 0 Å². The smallest absolute Gasteiger partial charge is 0.216 e. The highest BCUT2D eigenvalue weighted by Gasteiger charge is 2.23. The maximum absolute atomic E-state index is 10.7. The lowest BCUT2D eigenvalue weighted by Crippen LogP contribution is -2.48. The number of carbonyl (C=O) groups is 1. The van der Waals surface area contributed by atoms with Gasteiger partial charge in [-0.2, -0.15) is 0 Å². The van der Waals surface area contributed by atoms with Crippen LogP contribution < -0.4 is 10.6 Å². The molecular formula is C11H23N3O. The van der Waals surface area contributed by atoms with Gasteiger partial charge in [0.15, 0.2) is 0 Å². The molecular weight excluding hydrogens is 190 g/mol. The van der Waals surface area contributed by atoms with Crippen LogP contribution in [0.1, 0.15) is 20.3 Å². The summed E-state index contributed by atoms with van der Waals surface area (Å²) >= 11 is 0. The number of rotatable bonds is 4. The quantitative estimate of drug-likeness (QED) is 0.649. The molecule has 0 bridgehead atoms. The van der Waals surface area contributed by atoms with Gasteiger partial charge in [0.25, 0.3) is 0 Å². The van der Waals surface area contributed by atoms with Crippen molar-refractivity contribution >= 4 is 5.91 Å². The molecule has 0 radical (unpaired) electrons. The molecule has 88 valence electrons. The first-order valence-corrected chi connectivity index (χ1v) is 5.76. The van der Waals surface area contributed by atoms with E-state index in [1.165, 1.54) is 13.0 Å². The molecule has 1 heterocycles. The highest BCUT2D eigenvalue weighted by Crippen LogP contribution is 2.14. The molecule has 1 saturated heterocycles. The largest absolute Gasteiger partial charge is 0.355 e. The van der Waals surface area contributed by atoms with Crippen molar-refractivity contribution in [1.29, 1.82) is 0 Å². The molecule has 1 fully saturated rings. The van der Waals surface area contributed by atoms with Crippen LogP contribution >= 0.6 is 0 Å². The Morgan fingerprint density at radius 1 is 1.47 bits per heavy atom. The molecule has 0 aromatic carbocycles. The van der Waals surface area contributed by atoms with Crippen molar-refractivity contribution in [3.05, 3.63) is 0 Å². The number of piperidine rings is 1. The first-order valence-electron chi connectivity index (χ1n) is 5.76. The molecule has 4 nitrogen and oxygen atoms in total. The molecule has 1 aliphatic heterocycles. The second-order valence-corrected chi connectivity index (χ2v) is 4.57. The van der Waals surface area contributed by atoms with E-state index < -0.39 is 0 Å². The Kier molecular flexibility index (Phi) is 5.05. The lowest BCUT2D eigenvalue weighted by molar-refractivity contribution is -0.118. The molecule has 1 rings (SSSR count). The molecule has 2 unspecified atom stereocenters. The predicted octanol–water partition coefficient (Wildman–Crippen LogP) is 0.0523. The summed E-state index contributed by atoms with van der Waals surface area (Å²) in [5.41, 5.74) is 0. The third-order valence-corrected chi connectivity index (χ3v) is 3.01. The van der Waals surface area contributed by atoms with Gasteiger partial charge in [0, 0.05) is 32.6 Å². The summed E-state index contributed by atoms with van der Waals surface area (Å²) in [5.74, 6) is 0.745. The molecule has 0 saturated carbocycles. The van der Waals surface area contributed by atoms with Gasteiger partial charge in [-0.15, -0.1) is 0 Å². The van der Waals surface area contributed by atoms with Crippen LogP contribution in [0.15, 0.2) is 0 Å². The van der Waals surface area contributed by atoms with Crippen molar-refractivity contribution in [3.8, 4) is 0 Å². The highest BCUT2D eigenvalue weighted by molar-refractivity contribution is 5.72. The summed E-state index contributed by atoms with van der Waals surface area (Å²) in [5, 5.41) is 6.30. The summed E-state index contributed by atoms with van der Waals surface area (Å²) in [6.45, 7) is 7.77. The lowest BCUT2D eigenvalue weighted by atomic mass is 9.94. The third-order valence-electron chi connectivity index (χ3n) is 3.01. The fourth-order valence-corrected chi connectivity index (χ4v) is 2.15. The van der Waals surface area contributed by atoms with Crippen LogP contribution in [0.3, 0.4) is 0 Å². The number of nitrogens with zero attached hydrogens (tertiary/aromatic N) is 1. The Morgan fingerprint density at radius 2 is 2.20 bits per heavy atom. The number of amides is 1. The van der Waals surface area contributed by atoms with Crippen molar-refractivity contribution in [3.63, 3.8) is 0 Å². The van der Waals surface area contributed by atoms with Gasteiger partial charge in [-0.05, 0) is 25.9 Å². The molecule has 0 aliphatic carbocycles. The van der Waals surface area contributed by atoms with Gasteiger partial charge >= 0.3 is 0 Å². The number of nitrogens with one attached hydrogen (secondary N) is 2. The van der Waals surface area contributed by atoms with E-state index in [1.54, 1.807) is 6.92 Å². The summed E-state index contributed by atoms with van der Waals surface area (Å²) in [7, 11) is 2.17. The zero-order valence-corrected chi connectivity index (χ0v) is 10.0. The van der Waals surface area contributed by atoms with Crippen LogP contribution in [0.5, 0.6) is 0 Å². The summed E-state index contributed by atoms with van der Waals surface area (Å²) < 4.78 is 0. The Bertz CT molecular complexity index is 208. The van der Waals surface area contributed by atoms with Crippen LogP contribution in [0.25, 0.3) is 0 Å². The van der Waals surface area contributed by atoms with Crippen LogP contribution in [-0.4, -0.2) is 50.1 Å². The number of hydrogen-bond acceptors (Lipinski definition) is 3. The zero-order valence-electron chi connectivity index (χ0n) is 10.0. The second kappa shape index (κ2) is 6.08. The average molecular weight is 213 g/mol. The molecule has 0 spiro atoms. The van der Waals surface area contributed by atoms with Crippen molar-refractivity contribution in [2.75, 3.05) is 33.2 Å². The van der Waals surface area contributed by atoms with Crippen molar-refractivity contribution in [2.45, 2.75) is 26.3 Å². The molecule has 1 aliphatic rings. The lowest BCUT2D eigenvalue weighted by Gasteiger charge is -2.35. The Balaban J connectivity index is 2.13. The van der Waals surface area contributed by atoms with Gasteiger partial charge in [-0.1, -0.05) is 6.92 Å². The first kappa shape index (κ1) is 12.5. The fourth-order valence-electron chi connectivity index (χ4n) is 2.15. The number of carbonyl (C=O) groups excluding carboxylic acids is 1. The van der Waals surface area contributed by atoms with E-state index in [-0.39, 0.29) is 5.91 Å². The van der Waals surface area contributed by atoms with Gasteiger partial charge in [0.2, 0.25) is 5.91 Å². The normalized spacial score (nSPS) is 27.7. The minimum atomic E-state index is 0.0493. The predicted molar refractivity (Wildman–Crippen MR) is 61.8 cm³/mol. The Labute approximate surface area is 92.4 Å². The number of likely N-dealkylation sites (tertiary alicyclic amines) is 1. The Morgan fingerprint density at radius 3 is 2.80 bits per heavy atom. The first-order chi connectivity index (χ1) is 7.09. The molecule has 2 N–H and O–H groups in total. The number of hydrogen-bond donors (Lipinski definition) is 2. The molecule has 2 atom stereocenters. The van der Waals surface area contributed by atoms with Gasteiger partial charge in [0.05, 0.1) is 0 Å². The van der Waals surface area contributed by atoms with Crippen molar-refractivity contribution in [1.82, 2.24) is 15.5 Å². The Hall–Kier alpha value is -0.610. The maximum Gasteiger partial charge on any atom is 0.216 e. The van der Waals surface area contributed by atoms with Crippen LogP contribution in [0.2, 0.25) is 0 Å². The molecule has 1 amide bonds. The van der Waals surface area contributed by atoms with Crippen LogP contribution in [-0.2, 0) is 4.79 Å². The van der Waals surface area contributed by atoms with Crippen LogP contribution in [0.4, 0.5) is 0 Å². The minimum absolute atomic E-state index is 0.0493. The SMILES string of the molecule is CC(=O)NCCNC1CCN(C)CC1C. The summed E-state index contributed by atoms with van der Waals surface area (Å²) in [6, 6.07) is 0.606. The van der Waals surface area contributed by atoms with E-state index in [2.05, 4.69) is 29.5 Å². The summed E-state index contributed by atoms with van der Waals surface area (Å²) in [6.07, 6.45) is 1.21. The summed E-state index contributed by atoms with van der Waals surface area (Å²) in [4.78, 5) is 13.0. The minimum Gasteiger partial charge on any atom is -0.355 e. The van der Waals surface area contributed by atoms with Crippen molar-refractivity contribution in [2.24, 2.45) is 5.92 Å². The van der Waals surface area contributed by atoms with E-state index in [0.717, 1.165) is 19.6 Å². The van der Waals surface area contributed by atoms with Crippen LogP contribution in [0, 0.1) is 5.92 Å². The second-order valence-electron chi connectivity index (χ2n) is 4.57. The topological polar surface area (TPSA) is 44.4 Å². The fraction of sp³-hybridized carbons (Fsp3) is 0.909. The molecule has 0 aromatic heterocycles. The van der Waals surface area contributed by atoms with E-state index in [1.807, 2.05) is 0 Å². The van der Waals surface area contributed by atoms with E-state index in [9.17, 15) is 4.79 Å². The molecule has 15 heavy (non-hydrogen) atoms. The monoisotopic (exact) mass is 213 g/mol.